The van der Waals surface area contributed by atoms with Crippen LogP contribution in [0.5, 0.6) is 0 Å². The second-order valence-corrected chi connectivity index (χ2v) is 17.2. The van der Waals surface area contributed by atoms with Gasteiger partial charge in [-0.2, -0.15) is 0 Å². The molecule has 2 aromatic heterocycles. The van der Waals surface area contributed by atoms with Crippen LogP contribution in [0.25, 0.3) is 22.6 Å². The first-order valence-electron chi connectivity index (χ1n) is 22.7. The van der Waals surface area contributed by atoms with Crippen LogP contribution >= 0.6 is 8.25 Å². The van der Waals surface area contributed by atoms with Crippen LogP contribution in [-0.4, -0.2) is 26.3 Å². The summed E-state index contributed by atoms with van der Waals surface area (Å²) in [5, 5.41) is 6.51. The van der Waals surface area contributed by atoms with Gasteiger partial charge in [-0.05, 0) is 172 Å². The van der Waals surface area contributed by atoms with Crippen LogP contribution in [-0.2, 0) is 52.4 Å². The third-order valence-electron chi connectivity index (χ3n) is 11.3. The van der Waals surface area contributed by atoms with Crippen LogP contribution in [0.1, 0.15) is 97.6 Å². The van der Waals surface area contributed by atoms with E-state index >= 15 is 8.78 Å². The van der Waals surface area contributed by atoms with Crippen LogP contribution in [0.2, 0.25) is 0 Å². The molecule has 64 heavy (non-hydrogen) atoms. The molecule has 0 aliphatic rings. The van der Waals surface area contributed by atoms with Crippen molar-refractivity contribution in [2.24, 2.45) is 0 Å². The summed E-state index contributed by atoms with van der Waals surface area (Å²) in [5.41, 5.74) is 6.94. The molecule has 0 unspecified atom stereocenters. The fraction of sp³-hybridized carbons (Fsp3) is 0.385. The molecule has 0 saturated carbocycles. The minimum Gasteiger partial charge on any atom is -0.464 e. The first kappa shape index (κ1) is 48.6. The Balaban J connectivity index is 0.830. The minimum atomic E-state index is -2.29. The fourth-order valence-electron chi connectivity index (χ4n) is 7.78. The van der Waals surface area contributed by atoms with Crippen LogP contribution < -0.4 is 10.6 Å². The Hall–Kier alpha value is -4.90. The molecule has 0 aliphatic carbocycles. The average molecular weight is 900 g/mol. The standard InChI is InChI=1S/C52H60F4N2O5P/c53-45-23-19-39(20-24-45)13-5-1-3-7-15-41-35-49(55)43(33-47(41)51-17-9-29-60-51)37-57-27-11-31-62-64(59)63-32-12-28-58-38-44-34-48(52-18-10-30-61-52)42(36-50(44)56)16-8-4-2-6-14-40-21-25-46(54)26-22-40/h9-10,17-26,29-30,33-36,57-58H,1-8,11-16,27-28,31-32,37-38H2/q+1. The molecule has 0 fully saturated rings. The molecule has 2 heterocycles. The van der Waals surface area contributed by atoms with Crippen LogP contribution in [0.3, 0.4) is 0 Å². The molecule has 6 rings (SSSR count). The molecular weight excluding hydrogens is 840 g/mol. The molecule has 0 saturated heterocycles. The van der Waals surface area contributed by atoms with Gasteiger partial charge in [-0.1, -0.05) is 49.9 Å². The van der Waals surface area contributed by atoms with E-state index in [1.165, 1.54) is 24.3 Å². The van der Waals surface area contributed by atoms with Crippen LogP contribution in [0, 0.1) is 23.3 Å². The van der Waals surface area contributed by atoms with E-state index in [2.05, 4.69) is 10.6 Å². The number of benzene rings is 4. The Morgan fingerprint density at radius 3 is 1.27 bits per heavy atom. The molecular formula is C52H60F4N2O5P+. The van der Waals surface area contributed by atoms with Gasteiger partial charge in [0.2, 0.25) is 0 Å². The van der Waals surface area contributed by atoms with Crippen molar-refractivity contribution in [1.82, 2.24) is 10.6 Å². The summed E-state index contributed by atoms with van der Waals surface area (Å²) in [4.78, 5) is 0. The zero-order chi connectivity index (χ0) is 44.8. The minimum absolute atomic E-state index is 0.216. The van der Waals surface area contributed by atoms with Gasteiger partial charge in [0.05, 0.1) is 12.5 Å². The Morgan fingerprint density at radius 1 is 0.469 bits per heavy atom. The number of nitrogens with one attached hydrogen (secondary N) is 2. The normalized spacial score (nSPS) is 11.4. The highest BCUT2D eigenvalue weighted by molar-refractivity contribution is 7.33. The summed E-state index contributed by atoms with van der Waals surface area (Å²) >= 11 is 0. The van der Waals surface area contributed by atoms with Crippen LogP contribution in [0.4, 0.5) is 17.6 Å². The van der Waals surface area contributed by atoms with Crippen molar-refractivity contribution in [3.8, 4) is 22.6 Å². The first-order valence-corrected chi connectivity index (χ1v) is 23.8. The number of unbranched alkanes of at least 4 members (excludes halogenated alkanes) is 6. The van der Waals surface area contributed by atoms with Crippen molar-refractivity contribution in [3.05, 3.63) is 166 Å². The maximum Gasteiger partial charge on any atom is 0.697 e. The molecule has 6 aromatic rings. The largest absolute Gasteiger partial charge is 0.697 e. The summed E-state index contributed by atoms with van der Waals surface area (Å²) < 4.78 is 91.4. The van der Waals surface area contributed by atoms with E-state index in [0.29, 0.717) is 61.7 Å². The molecule has 0 spiro atoms. The summed E-state index contributed by atoms with van der Waals surface area (Å²) in [6.45, 7) is 2.13. The summed E-state index contributed by atoms with van der Waals surface area (Å²) in [5.74, 6) is 0.425. The highest BCUT2D eigenvalue weighted by Crippen LogP contribution is 2.31. The Bertz CT molecular complexity index is 2110. The maximum atomic E-state index is 15.3. The second kappa shape index (κ2) is 26.8. The molecule has 0 aliphatic heterocycles. The summed E-state index contributed by atoms with van der Waals surface area (Å²) in [6, 6.07) is 27.7. The predicted molar refractivity (Wildman–Crippen MR) is 245 cm³/mol. The van der Waals surface area contributed by atoms with E-state index in [9.17, 15) is 13.3 Å². The van der Waals surface area contributed by atoms with Gasteiger partial charge in [-0.3, -0.25) is 0 Å². The second-order valence-electron chi connectivity index (χ2n) is 16.2. The number of aryl methyl sites for hydroxylation is 4. The Labute approximate surface area is 375 Å². The first-order chi connectivity index (χ1) is 31.3. The molecule has 0 bridgehead atoms. The van der Waals surface area contributed by atoms with Crippen molar-refractivity contribution >= 4 is 8.25 Å². The van der Waals surface area contributed by atoms with Gasteiger partial charge in [0.1, 0.15) is 48.0 Å². The zero-order valence-corrected chi connectivity index (χ0v) is 37.4. The third-order valence-corrected chi connectivity index (χ3v) is 12.1. The molecule has 12 heteroatoms. The fourth-order valence-corrected chi connectivity index (χ4v) is 8.41. The predicted octanol–water partition coefficient (Wildman–Crippen LogP) is 13.8. The highest BCUT2D eigenvalue weighted by Gasteiger charge is 2.20. The van der Waals surface area contributed by atoms with E-state index in [1.807, 2.05) is 60.7 Å². The number of furan rings is 2. The monoisotopic (exact) mass is 899 g/mol. The topological polar surface area (TPSA) is 85.9 Å². The molecule has 0 radical (unpaired) electrons. The van der Waals surface area contributed by atoms with E-state index in [0.717, 1.165) is 110 Å². The van der Waals surface area contributed by atoms with Crippen molar-refractivity contribution in [2.75, 3.05) is 26.3 Å². The van der Waals surface area contributed by atoms with Crippen molar-refractivity contribution in [2.45, 2.75) is 103 Å². The quantitative estimate of drug-likeness (QED) is 0.0265. The SMILES string of the molecule is O=[P+](OCCCNCc1cc(-c2ccco2)c(CCCCCCc2ccc(F)cc2)cc1F)OCCCNCc1cc(-c2ccco2)c(CCCCCCc2ccc(F)cc2)cc1F. The summed E-state index contributed by atoms with van der Waals surface area (Å²) in [7, 11) is -2.29. The van der Waals surface area contributed by atoms with Gasteiger partial charge in [0, 0.05) is 39.9 Å². The maximum absolute atomic E-state index is 15.3. The lowest BCUT2D eigenvalue weighted by Gasteiger charge is -2.13. The van der Waals surface area contributed by atoms with E-state index in [4.69, 9.17) is 17.9 Å². The smallest absolute Gasteiger partial charge is 0.464 e. The molecule has 0 amide bonds. The van der Waals surface area contributed by atoms with Gasteiger partial charge in [0.15, 0.2) is 0 Å². The molecule has 4 aromatic carbocycles. The summed E-state index contributed by atoms with van der Waals surface area (Å²) in [6.07, 6.45) is 15.6. The number of halogens is 4. The molecule has 7 nitrogen and oxygen atoms in total. The van der Waals surface area contributed by atoms with Gasteiger partial charge in [0.25, 0.3) is 0 Å². The van der Waals surface area contributed by atoms with Gasteiger partial charge in [-0.25, -0.2) is 17.6 Å². The van der Waals surface area contributed by atoms with Gasteiger partial charge in [-0.15, -0.1) is 9.05 Å². The number of hydrogen-bond acceptors (Lipinski definition) is 7. The Morgan fingerprint density at radius 2 is 0.875 bits per heavy atom. The van der Waals surface area contributed by atoms with E-state index < -0.39 is 8.25 Å². The molecule has 0 atom stereocenters. The lowest BCUT2D eigenvalue weighted by Crippen LogP contribution is -2.17. The van der Waals surface area contributed by atoms with E-state index in [1.54, 1.807) is 24.7 Å². The lowest BCUT2D eigenvalue weighted by atomic mass is 9.96. The van der Waals surface area contributed by atoms with Crippen molar-refractivity contribution in [3.63, 3.8) is 0 Å². The molecule has 2 N–H and O–H groups in total. The van der Waals surface area contributed by atoms with Gasteiger partial charge >= 0.3 is 8.25 Å². The number of hydrogen-bond donors (Lipinski definition) is 2. The van der Waals surface area contributed by atoms with E-state index in [-0.39, 0.29) is 36.5 Å². The van der Waals surface area contributed by atoms with Crippen LogP contribution in [0.15, 0.2) is 118 Å². The average Bonchev–Trinajstić information content (AvgIpc) is 4.04. The third kappa shape index (κ3) is 16.3. The zero-order valence-electron chi connectivity index (χ0n) is 36.5. The Kier molecular flexibility index (Phi) is 20.3. The van der Waals surface area contributed by atoms with Crippen molar-refractivity contribution < 1.29 is 40.0 Å². The van der Waals surface area contributed by atoms with Crippen molar-refractivity contribution in [1.29, 1.82) is 0 Å². The highest BCUT2D eigenvalue weighted by atomic mass is 31.1. The van der Waals surface area contributed by atoms with Gasteiger partial charge < -0.3 is 19.5 Å². The molecule has 340 valence electrons. The number of rotatable bonds is 30. The lowest BCUT2D eigenvalue weighted by molar-refractivity contribution is 0.220.